The molecule has 0 amide bonds. The van der Waals surface area contributed by atoms with Crippen molar-refractivity contribution in [3.63, 3.8) is 0 Å². The van der Waals surface area contributed by atoms with Crippen LogP contribution in [0, 0.1) is 11.8 Å². The number of ether oxygens (including phenoxy) is 1. The van der Waals surface area contributed by atoms with Gasteiger partial charge < -0.3 is 9.84 Å². The Kier molecular flexibility index (Phi) is 3.63. The van der Waals surface area contributed by atoms with Gasteiger partial charge in [0.25, 0.3) is 0 Å². The highest BCUT2D eigenvalue weighted by Gasteiger charge is 2.08. The van der Waals surface area contributed by atoms with Crippen molar-refractivity contribution in [3.8, 4) is 11.8 Å². The lowest BCUT2D eigenvalue weighted by atomic mass is 10.4. The fraction of sp³-hybridized carbons (Fsp3) is 0.333. The highest BCUT2D eigenvalue weighted by atomic mass is 32.1. The number of nitrogens with zero attached hydrogens (tertiary/aromatic N) is 1. The standard InChI is InChI=1S/C9H9NO3S/c1-6(11)3-4-8-10-7(5-14-8)9(12)13-2/h5-6,11H,1-2H3. The molecule has 0 spiro atoms. The number of hydrogen-bond acceptors (Lipinski definition) is 5. The molecule has 1 rings (SSSR count). The van der Waals surface area contributed by atoms with E-state index in [1.165, 1.54) is 18.4 Å². The van der Waals surface area contributed by atoms with Gasteiger partial charge >= 0.3 is 5.97 Å². The van der Waals surface area contributed by atoms with Gasteiger partial charge in [-0.25, -0.2) is 9.78 Å². The molecule has 0 fully saturated rings. The van der Waals surface area contributed by atoms with Crippen molar-refractivity contribution in [2.45, 2.75) is 13.0 Å². The van der Waals surface area contributed by atoms with Crippen LogP contribution in [-0.4, -0.2) is 29.3 Å². The summed E-state index contributed by atoms with van der Waals surface area (Å²) in [5, 5.41) is 10.9. The molecule has 0 aliphatic heterocycles. The summed E-state index contributed by atoms with van der Waals surface area (Å²) in [6.07, 6.45) is -0.694. The zero-order valence-corrected chi connectivity index (χ0v) is 8.59. The SMILES string of the molecule is COC(=O)c1csc(C#CC(C)O)n1. The molecule has 1 N–H and O–H groups in total. The van der Waals surface area contributed by atoms with E-state index < -0.39 is 12.1 Å². The molecule has 4 nitrogen and oxygen atoms in total. The summed E-state index contributed by atoms with van der Waals surface area (Å²) >= 11 is 1.24. The number of esters is 1. The second kappa shape index (κ2) is 4.74. The van der Waals surface area contributed by atoms with Gasteiger partial charge in [0.15, 0.2) is 10.7 Å². The van der Waals surface area contributed by atoms with E-state index in [1.807, 2.05) is 0 Å². The quantitative estimate of drug-likeness (QED) is 0.547. The average Bonchev–Trinajstić information content (AvgIpc) is 2.62. The molecule has 0 bridgehead atoms. The van der Waals surface area contributed by atoms with Crippen molar-refractivity contribution in [2.24, 2.45) is 0 Å². The number of aliphatic hydroxyl groups excluding tert-OH is 1. The average molecular weight is 211 g/mol. The van der Waals surface area contributed by atoms with Gasteiger partial charge in [-0.15, -0.1) is 11.3 Å². The first-order valence-corrected chi connectivity index (χ1v) is 4.75. The number of thiazole rings is 1. The summed E-state index contributed by atoms with van der Waals surface area (Å²) in [5.74, 6) is 4.70. The Bertz CT molecular complexity index is 386. The molecule has 0 aliphatic rings. The minimum Gasteiger partial charge on any atom is -0.464 e. The molecule has 1 unspecified atom stereocenters. The Morgan fingerprint density at radius 1 is 1.79 bits per heavy atom. The van der Waals surface area contributed by atoms with E-state index >= 15 is 0 Å². The molecule has 0 aromatic carbocycles. The maximum atomic E-state index is 11.0. The van der Waals surface area contributed by atoms with Crippen LogP contribution in [0.4, 0.5) is 0 Å². The smallest absolute Gasteiger partial charge is 0.357 e. The van der Waals surface area contributed by atoms with E-state index in [-0.39, 0.29) is 5.69 Å². The lowest BCUT2D eigenvalue weighted by molar-refractivity contribution is 0.0595. The van der Waals surface area contributed by atoms with Gasteiger partial charge in [0.1, 0.15) is 6.10 Å². The zero-order chi connectivity index (χ0) is 10.6. The predicted molar refractivity (Wildman–Crippen MR) is 52.0 cm³/mol. The number of methoxy groups -OCH3 is 1. The van der Waals surface area contributed by atoms with E-state index in [0.717, 1.165) is 0 Å². The molecule has 1 atom stereocenters. The van der Waals surface area contributed by atoms with Crippen LogP contribution in [0.5, 0.6) is 0 Å². The summed E-state index contributed by atoms with van der Waals surface area (Å²) < 4.78 is 4.48. The number of hydrogen-bond donors (Lipinski definition) is 1. The van der Waals surface area contributed by atoms with Crippen LogP contribution in [0.15, 0.2) is 5.38 Å². The summed E-state index contributed by atoms with van der Waals surface area (Å²) in [4.78, 5) is 14.9. The van der Waals surface area contributed by atoms with Crippen molar-refractivity contribution in [1.82, 2.24) is 4.98 Å². The number of rotatable bonds is 1. The maximum Gasteiger partial charge on any atom is 0.357 e. The Labute approximate surface area is 85.5 Å². The number of carbonyl (C=O) groups excluding carboxylic acids is 1. The Balaban J connectivity index is 2.80. The topological polar surface area (TPSA) is 59.4 Å². The van der Waals surface area contributed by atoms with Gasteiger partial charge in [0.2, 0.25) is 0 Å². The van der Waals surface area contributed by atoms with Crippen LogP contribution in [0.1, 0.15) is 22.4 Å². The second-order valence-electron chi connectivity index (χ2n) is 2.47. The van der Waals surface area contributed by atoms with Crippen molar-refractivity contribution < 1.29 is 14.6 Å². The zero-order valence-electron chi connectivity index (χ0n) is 7.77. The van der Waals surface area contributed by atoms with Crippen LogP contribution in [0.3, 0.4) is 0 Å². The predicted octanol–water partition coefficient (Wildman–Crippen LogP) is 0.662. The van der Waals surface area contributed by atoms with Crippen molar-refractivity contribution in [3.05, 3.63) is 16.1 Å². The molecular formula is C9H9NO3S. The lowest BCUT2D eigenvalue weighted by Crippen LogP contribution is -2.01. The molecule has 5 heteroatoms. The van der Waals surface area contributed by atoms with Crippen molar-refractivity contribution >= 4 is 17.3 Å². The van der Waals surface area contributed by atoms with Gasteiger partial charge in [0, 0.05) is 5.38 Å². The van der Waals surface area contributed by atoms with Crippen LogP contribution in [-0.2, 0) is 4.74 Å². The van der Waals surface area contributed by atoms with Gasteiger partial charge in [-0.1, -0.05) is 5.92 Å². The van der Waals surface area contributed by atoms with Crippen LogP contribution < -0.4 is 0 Å². The molecule has 0 radical (unpaired) electrons. The van der Waals surface area contributed by atoms with E-state index in [2.05, 4.69) is 21.6 Å². The molecule has 1 aromatic heterocycles. The van der Waals surface area contributed by atoms with E-state index in [9.17, 15) is 4.79 Å². The largest absolute Gasteiger partial charge is 0.464 e. The molecule has 1 heterocycles. The number of carbonyl (C=O) groups is 1. The third-order valence-corrected chi connectivity index (χ3v) is 2.04. The molecule has 14 heavy (non-hydrogen) atoms. The fourth-order valence-electron chi connectivity index (χ4n) is 0.696. The minimum atomic E-state index is -0.694. The molecule has 0 saturated heterocycles. The molecule has 0 saturated carbocycles. The third kappa shape index (κ3) is 2.83. The first-order valence-electron chi connectivity index (χ1n) is 3.87. The monoisotopic (exact) mass is 211 g/mol. The van der Waals surface area contributed by atoms with Crippen molar-refractivity contribution in [2.75, 3.05) is 7.11 Å². The summed E-state index contributed by atoms with van der Waals surface area (Å²) in [6, 6.07) is 0. The first-order chi connectivity index (χ1) is 6.63. The van der Waals surface area contributed by atoms with Crippen LogP contribution >= 0.6 is 11.3 Å². The lowest BCUT2D eigenvalue weighted by Gasteiger charge is -1.90. The van der Waals surface area contributed by atoms with E-state index in [4.69, 9.17) is 5.11 Å². The summed E-state index contributed by atoms with van der Waals surface area (Å²) in [7, 11) is 1.29. The van der Waals surface area contributed by atoms with Gasteiger partial charge in [-0.05, 0) is 12.8 Å². The summed E-state index contributed by atoms with van der Waals surface area (Å²) in [6.45, 7) is 1.56. The normalized spacial score (nSPS) is 11.4. The Morgan fingerprint density at radius 2 is 2.50 bits per heavy atom. The molecular weight excluding hydrogens is 202 g/mol. The maximum absolute atomic E-state index is 11.0. The van der Waals surface area contributed by atoms with Crippen LogP contribution in [0.25, 0.3) is 0 Å². The van der Waals surface area contributed by atoms with E-state index in [1.54, 1.807) is 12.3 Å². The van der Waals surface area contributed by atoms with Gasteiger partial charge in [-0.2, -0.15) is 0 Å². The fourth-order valence-corrected chi connectivity index (χ4v) is 1.34. The minimum absolute atomic E-state index is 0.243. The second-order valence-corrected chi connectivity index (χ2v) is 3.33. The third-order valence-electron chi connectivity index (χ3n) is 1.29. The first kappa shape index (κ1) is 10.7. The highest BCUT2D eigenvalue weighted by Crippen LogP contribution is 2.09. The molecule has 1 aromatic rings. The van der Waals surface area contributed by atoms with Gasteiger partial charge in [0.05, 0.1) is 7.11 Å². The Morgan fingerprint density at radius 3 is 3.07 bits per heavy atom. The summed E-state index contributed by atoms with van der Waals surface area (Å²) in [5.41, 5.74) is 0.243. The van der Waals surface area contributed by atoms with E-state index in [0.29, 0.717) is 5.01 Å². The number of aliphatic hydroxyl groups is 1. The molecule has 0 aliphatic carbocycles. The Hall–Kier alpha value is -1.38. The number of aromatic nitrogens is 1. The van der Waals surface area contributed by atoms with Gasteiger partial charge in [-0.3, -0.25) is 0 Å². The molecule has 74 valence electrons. The highest BCUT2D eigenvalue weighted by molar-refractivity contribution is 7.10. The van der Waals surface area contributed by atoms with Crippen molar-refractivity contribution in [1.29, 1.82) is 0 Å². The van der Waals surface area contributed by atoms with Crippen LogP contribution in [0.2, 0.25) is 0 Å².